The third kappa shape index (κ3) is 21.1. The molecule has 93 heavy (non-hydrogen) atoms. The first-order valence-corrected chi connectivity index (χ1v) is 33.8. The van der Waals surface area contributed by atoms with Crippen molar-refractivity contribution in [1.82, 2.24) is 51.7 Å². The molecule has 23 heteroatoms. The average Bonchev–Trinajstić information content (AvgIpc) is 1.80. The first kappa shape index (κ1) is 72.0. The van der Waals surface area contributed by atoms with E-state index in [1.807, 2.05) is 21.9 Å². The Hall–Kier alpha value is -6.86. The van der Waals surface area contributed by atoms with Crippen LogP contribution in [0.5, 0.6) is 0 Å². The SMILES string of the molecule is CN[C@@H](C)C(=O)N[C@H](C(=O)N1CCC[C@H]1c1cncc(-c2ccc(F)c(C(=O)NCCCOCCOCCOCCOCCOCCCNC(=O)c3cc(-c4cncc([C@@H]5CCCN5C(=O)[C@@H](NC(=O)[C@H](C)NC)C5CCCCC5)c4)ccc3F)c2)c1)C1CCCCC1. The quantitative estimate of drug-likeness (QED) is 0.0238. The topological polar surface area (TPSA) is 253 Å². The summed E-state index contributed by atoms with van der Waals surface area (Å²) in [5, 5.41) is 17.7. The fraction of sp³-hybridized carbons (Fsp3) is 0.600. The Morgan fingerprint density at radius 1 is 0.473 bits per heavy atom. The lowest BCUT2D eigenvalue weighted by Gasteiger charge is -2.35. The van der Waals surface area contributed by atoms with Crippen LogP contribution in [0.3, 0.4) is 0 Å². The lowest BCUT2D eigenvalue weighted by Crippen LogP contribution is -2.55. The zero-order valence-corrected chi connectivity index (χ0v) is 54.8. The normalized spacial score (nSPS) is 18.4. The van der Waals surface area contributed by atoms with Gasteiger partial charge in [0.2, 0.25) is 23.6 Å². The van der Waals surface area contributed by atoms with Crippen molar-refractivity contribution in [2.45, 2.75) is 153 Å². The number of pyridine rings is 2. The maximum absolute atomic E-state index is 15.1. The summed E-state index contributed by atoms with van der Waals surface area (Å²) >= 11 is 0. The number of aromatic nitrogens is 2. The van der Waals surface area contributed by atoms with Gasteiger partial charge in [-0.05, 0) is 163 Å². The molecule has 2 aromatic heterocycles. The van der Waals surface area contributed by atoms with Crippen LogP contribution >= 0.6 is 0 Å². The van der Waals surface area contributed by atoms with Crippen LogP contribution in [0.2, 0.25) is 0 Å². The van der Waals surface area contributed by atoms with Crippen molar-refractivity contribution in [1.29, 1.82) is 0 Å². The highest BCUT2D eigenvalue weighted by Gasteiger charge is 2.41. The Morgan fingerprint density at radius 3 is 1.20 bits per heavy atom. The third-order valence-electron chi connectivity index (χ3n) is 18.5. The van der Waals surface area contributed by atoms with Gasteiger partial charge < -0.3 is 65.4 Å². The smallest absolute Gasteiger partial charge is 0.254 e. The van der Waals surface area contributed by atoms with Crippen LogP contribution in [-0.4, -0.2) is 186 Å². The monoisotopic (exact) mass is 1290 g/mol. The lowest BCUT2D eigenvalue weighted by atomic mass is 9.83. The molecule has 2 aliphatic heterocycles. The predicted octanol–water partition coefficient (Wildman–Crippen LogP) is 7.78. The number of likely N-dealkylation sites (tertiary alicyclic amines) is 2. The van der Waals surface area contributed by atoms with Crippen molar-refractivity contribution in [3.05, 3.63) is 107 Å². The molecule has 0 bridgehead atoms. The summed E-state index contributed by atoms with van der Waals surface area (Å²) in [6.45, 7) is 8.91. The van der Waals surface area contributed by atoms with Gasteiger partial charge in [-0.25, -0.2) is 8.78 Å². The van der Waals surface area contributed by atoms with E-state index in [0.29, 0.717) is 114 Å². The summed E-state index contributed by atoms with van der Waals surface area (Å²) in [4.78, 5) is 93.9. The first-order chi connectivity index (χ1) is 45.3. The molecular formula is C70H98F2N10O11. The highest BCUT2D eigenvalue weighted by atomic mass is 19.1. The van der Waals surface area contributed by atoms with Gasteiger partial charge in [0.25, 0.3) is 11.8 Å². The average molecular weight is 1290 g/mol. The highest BCUT2D eigenvalue weighted by Crippen LogP contribution is 2.39. The van der Waals surface area contributed by atoms with Crippen LogP contribution in [0, 0.1) is 23.5 Å². The minimum Gasteiger partial charge on any atom is -0.379 e. The molecule has 4 aromatic rings. The first-order valence-electron chi connectivity index (χ1n) is 33.8. The Kier molecular flexibility index (Phi) is 29.3. The van der Waals surface area contributed by atoms with Gasteiger partial charge in [0.05, 0.1) is 88.1 Å². The predicted molar refractivity (Wildman–Crippen MR) is 349 cm³/mol. The summed E-state index contributed by atoms with van der Waals surface area (Å²) < 4.78 is 58.3. The van der Waals surface area contributed by atoms with Crippen LogP contribution in [0.1, 0.15) is 161 Å². The highest BCUT2D eigenvalue weighted by molar-refractivity contribution is 5.97. The van der Waals surface area contributed by atoms with Crippen LogP contribution in [-0.2, 0) is 42.9 Å². The summed E-state index contributed by atoms with van der Waals surface area (Å²) in [6.07, 6.45) is 20.9. The lowest BCUT2D eigenvalue weighted by molar-refractivity contribution is -0.139. The van der Waals surface area contributed by atoms with Crippen molar-refractivity contribution in [2.75, 3.05) is 106 Å². The minimum absolute atomic E-state index is 0.0703. The van der Waals surface area contributed by atoms with E-state index < -0.39 is 47.6 Å². The number of hydrogen-bond acceptors (Lipinski definition) is 15. The Morgan fingerprint density at radius 2 is 0.839 bits per heavy atom. The number of hydrogen-bond donors (Lipinski definition) is 6. The van der Waals surface area contributed by atoms with Crippen LogP contribution in [0.15, 0.2) is 73.3 Å². The van der Waals surface area contributed by atoms with E-state index in [4.69, 9.17) is 23.7 Å². The number of rotatable bonds is 36. The number of carbonyl (C=O) groups is 6. The van der Waals surface area contributed by atoms with Crippen LogP contribution in [0.25, 0.3) is 22.3 Å². The van der Waals surface area contributed by atoms with Crippen molar-refractivity contribution in [3.63, 3.8) is 0 Å². The number of amides is 6. The molecule has 6 atom stereocenters. The second-order valence-electron chi connectivity index (χ2n) is 24.9. The molecule has 4 aliphatic rings. The second kappa shape index (κ2) is 37.9. The van der Waals surface area contributed by atoms with E-state index in [1.165, 1.54) is 24.3 Å². The Bertz CT molecular complexity index is 2860. The van der Waals surface area contributed by atoms with Gasteiger partial charge in [0.15, 0.2) is 0 Å². The molecule has 4 heterocycles. The number of carbonyl (C=O) groups excluding carboxylic acids is 6. The summed E-state index contributed by atoms with van der Waals surface area (Å²) in [7, 11) is 3.45. The Labute approximate surface area is 546 Å². The molecule has 0 radical (unpaired) electrons. The number of nitrogens with zero attached hydrogens (tertiary/aromatic N) is 4. The van der Waals surface area contributed by atoms with Gasteiger partial charge in [0, 0.05) is 75.3 Å². The number of nitrogens with one attached hydrogen (secondary N) is 6. The van der Waals surface area contributed by atoms with E-state index in [9.17, 15) is 28.8 Å². The molecule has 21 nitrogen and oxygen atoms in total. The van der Waals surface area contributed by atoms with Gasteiger partial charge in [0.1, 0.15) is 23.7 Å². The maximum atomic E-state index is 15.1. The van der Waals surface area contributed by atoms with Gasteiger partial charge in [-0.15, -0.1) is 0 Å². The van der Waals surface area contributed by atoms with E-state index in [2.05, 4.69) is 41.9 Å². The Balaban J connectivity index is 0.645. The zero-order chi connectivity index (χ0) is 65.9. The van der Waals surface area contributed by atoms with Gasteiger partial charge in [-0.1, -0.05) is 50.7 Å². The fourth-order valence-electron chi connectivity index (χ4n) is 12.9. The number of ether oxygens (including phenoxy) is 5. The molecule has 2 aromatic carbocycles. The maximum Gasteiger partial charge on any atom is 0.254 e. The fourth-order valence-corrected chi connectivity index (χ4v) is 12.9. The molecule has 0 spiro atoms. The molecular weight excluding hydrogens is 1190 g/mol. The van der Waals surface area contributed by atoms with Gasteiger partial charge in [-0.2, -0.15) is 0 Å². The van der Waals surface area contributed by atoms with Gasteiger partial charge in [-0.3, -0.25) is 38.7 Å². The summed E-state index contributed by atoms with van der Waals surface area (Å²) in [6, 6.07) is 10.2. The molecule has 4 fully saturated rings. The van der Waals surface area contributed by atoms with Crippen LogP contribution < -0.4 is 31.9 Å². The third-order valence-corrected chi connectivity index (χ3v) is 18.5. The van der Waals surface area contributed by atoms with Crippen LogP contribution in [0.4, 0.5) is 8.78 Å². The van der Waals surface area contributed by atoms with Crippen molar-refractivity contribution >= 4 is 35.4 Å². The van der Waals surface area contributed by atoms with E-state index >= 15 is 8.78 Å². The second-order valence-corrected chi connectivity index (χ2v) is 24.9. The standard InChI is InChI=1S/C70H98F2N10O11/c1-47(73-3)65(83)79-63(49-15-7-5-8-16-49)69(87)81-27-11-19-61(81)55-39-53(43-75-45-55)51-21-23-59(71)57(41-51)67(85)77-25-13-29-89-31-33-91-35-37-93-38-36-92-34-32-90-30-14-26-78-68(86)58-42-52(22-24-60(58)72)54-40-56(46-76-44-54)62-20-12-28-82(62)70(88)64(50-17-9-6-10-18-50)80-66(84)48(2)74-4/h21-24,39-50,61-64,73-74H,5-20,25-38H2,1-4H3,(H,77,85)(H,78,86)(H,79,83)(H,80,84)/t47-,48-,61-,62-,63-,64-/m0/s1. The molecule has 6 N–H and O–H groups in total. The summed E-state index contributed by atoms with van der Waals surface area (Å²) in [5.74, 6) is -2.76. The van der Waals surface area contributed by atoms with Crippen molar-refractivity contribution in [2.24, 2.45) is 11.8 Å². The minimum atomic E-state index is -0.645. The number of benzene rings is 2. The molecule has 8 rings (SSSR count). The molecule has 508 valence electrons. The van der Waals surface area contributed by atoms with Gasteiger partial charge >= 0.3 is 0 Å². The molecule has 0 unspecified atom stereocenters. The van der Waals surface area contributed by atoms with Crippen molar-refractivity contribution in [3.8, 4) is 22.3 Å². The van der Waals surface area contributed by atoms with E-state index in [1.54, 1.807) is 64.9 Å². The van der Waals surface area contributed by atoms with E-state index in [0.717, 1.165) is 101 Å². The number of likely N-dealkylation sites (N-methyl/N-ethyl adjacent to an activating group) is 2. The molecule has 2 aliphatic carbocycles. The van der Waals surface area contributed by atoms with Crippen molar-refractivity contribution < 1.29 is 61.2 Å². The molecule has 2 saturated carbocycles. The molecule has 6 amide bonds. The number of halogens is 2. The largest absolute Gasteiger partial charge is 0.379 e. The zero-order valence-electron chi connectivity index (χ0n) is 54.8. The van der Waals surface area contributed by atoms with E-state index in [-0.39, 0.29) is 71.8 Å². The summed E-state index contributed by atoms with van der Waals surface area (Å²) in [5.41, 5.74) is 4.13. The molecule has 2 saturated heterocycles.